The van der Waals surface area contributed by atoms with Gasteiger partial charge >= 0.3 is 0 Å². The fourth-order valence-electron chi connectivity index (χ4n) is 2.97. The van der Waals surface area contributed by atoms with Crippen LogP contribution in [0.1, 0.15) is 24.7 Å². The van der Waals surface area contributed by atoms with Gasteiger partial charge in [0.05, 0.1) is 5.92 Å². The largest absolute Gasteiger partial charge is 0.357 e. The molecule has 4 heterocycles. The molecule has 0 radical (unpaired) electrons. The van der Waals surface area contributed by atoms with Crippen LogP contribution in [0.4, 0.5) is 5.95 Å². The molecule has 0 saturated carbocycles. The Balaban J connectivity index is 1.53. The van der Waals surface area contributed by atoms with Crippen molar-refractivity contribution in [1.29, 1.82) is 0 Å². The van der Waals surface area contributed by atoms with Crippen LogP contribution in [-0.4, -0.2) is 37.8 Å². The van der Waals surface area contributed by atoms with Crippen molar-refractivity contribution in [2.45, 2.75) is 18.8 Å². The molecule has 1 unspecified atom stereocenters. The minimum atomic E-state index is 0.220. The molecule has 0 spiro atoms. The topological polar surface area (TPSA) is 72.9 Å². The Labute approximate surface area is 134 Å². The van der Waals surface area contributed by atoms with E-state index in [-0.39, 0.29) is 5.92 Å². The molecule has 1 saturated heterocycles. The van der Waals surface area contributed by atoms with E-state index in [0.717, 1.165) is 37.4 Å². The summed E-state index contributed by atoms with van der Waals surface area (Å²) in [4.78, 5) is 15.4. The van der Waals surface area contributed by atoms with Crippen LogP contribution in [0.3, 0.4) is 0 Å². The Morgan fingerprint density at radius 2 is 2.13 bits per heavy atom. The normalized spacial score (nSPS) is 18.3. The molecule has 1 aliphatic rings. The minimum Gasteiger partial charge on any atom is -0.357 e. The van der Waals surface area contributed by atoms with Gasteiger partial charge in [0, 0.05) is 50.5 Å². The fourth-order valence-corrected chi connectivity index (χ4v) is 2.97. The van der Waals surface area contributed by atoms with Crippen LogP contribution >= 0.6 is 0 Å². The number of nitrogens with zero attached hydrogens (tertiary/aromatic N) is 6. The SMILES string of the molecule is Cn1ccc(-c2noc(C3CCCN(c4ncccn4)C3)n2)c1. The van der Waals surface area contributed by atoms with Gasteiger partial charge < -0.3 is 14.0 Å². The van der Waals surface area contributed by atoms with E-state index in [4.69, 9.17) is 4.52 Å². The fraction of sp³-hybridized carbons (Fsp3) is 0.375. The van der Waals surface area contributed by atoms with E-state index in [9.17, 15) is 0 Å². The average Bonchev–Trinajstić information content (AvgIpc) is 3.25. The van der Waals surface area contributed by atoms with Crippen molar-refractivity contribution in [3.05, 3.63) is 42.8 Å². The zero-order valence-corrected chi connectivity index (χ0v) is 13.0. The molecule has 7 heteroatoms. The molecular formula is C16H18N6O. The summed E-state index contributed by atoms with van der Waals surface area (Å²) in [6.07, 6.45) is 9.60. The second-order valence-electron chi connectivity index (χ2n) is 5.86. The highest BCUT2D eigenvalue weighted by Crippen LogP contribution is 2.28. The third-order valence-electron chi connectivity index (χ3n) is 4.14. The molecule has 0 aromatic carbocycles. The van der Waals surface area contributed by atoms with Crippen molar-refractivity contribution in [1.82, 2.24) is 24.7 Å². The number of aryl methyl sites for hydroxylation is 1. The molecule has 23 heavy (non-hydrogen) atoms. The summed E-state index contributed by atoms with van der Waals surface area (Å²) in [6.45, 7) is 1.76. The van der Waals surface area contributed by atoms with Crippen molar-refractivity contribution in [3.63, 3.8) is 0 Å². The molecule has 0 bridgehead atoms. The van der Waals surface area contributed by atoms with Crippen molar-refractivity contribution in [3.8, 4) is 11.4 Å². The summed E-state index contributed by atoms with van der Waals surface area (Å²) in [5.41, 5.74) is 0.974. The molecule has 7 nitrogen and oxygen atoms in total. The van der Waals surface area contributed by atoms with E-state index >= 15 is 0 Å². The number of rotatable bonds is 3. The second-order valence-corrected chi connectivity index (χ2v) is 5.86. The second kappa shape index (κ2) is 5.83. The van der Waals surface area contributed by atoms with Gasteiger partial charge in [-0.05, 0) is 25.0 Å². The summed E-state index contributed by atoms with van der Waals surface area (Å²) >= 11 is 0. The highest BCUT2D eigenvalue weighted by atomic mass is 16.5. The maximum absolute atomic E-state index is 5.51. The van der Waals surface area contributed by atoms with E-state index in [1.54, 1.807) is 12.4 Å². The maximum Gasteiger partial charge on any atom is 0.231 e. The number of aromatic nitrogens is 5. The average molecular weight is 310 g/mol. The van der Waals surface area contributed by atoms with Gasteiger partial charge in [0.2, 0.25) is 17.7 Å². The number of hydrogen-bond donors (Lipinski definition) is 0. The zero-order valence-electron chi connectivity index (χ0n) is 13.0. The highest BCUT2D eigenvalue weighted by Gasteiger charge is 2.27. The van der Waals surface area contributed by atoms with Crippen LogP contribution in [0.25, 0.3) is 11.4 Å². The minimum absolute atomic E-state index is 0.220. The quantitative estimate of drug-likeness (QED) is 0.739. The molecule has 4 rings (SSSR count). The van der Waals surface area contributed by atoms with Crippen LogP contribution < -0.4 is 4.90 Å². The van der Waals surface area contributed by atoms with Gasteiger partial charge in [-0.1, -0.05) is 5.16 Å². The highest BCUT2D eigenvalue weighted by molar-refractivity contribution is 5.52. The number of piperidine rings is 1. The summed E-state index contributed by atoms with van der Waals surface area (Å²) in [7, 11) is 1.98. The monoisotopic (exact) mass is 310 g/mol. The predicted octanol–water partition coefficient (Wildman–Crippen LogP) is 2.25. The summed E-state index contributed by atoms with van der Waals surface area (Å²) in [5, 5.41) is 4.12. The van der Waals surface area contributed by atoms with E-state index in [2.05, 4.69) is 25.0 Å². The first-order valence-corrected chi connectivity index (χ1v) is 7.77. The van der Waals surface area contributed by atoms with Crippen LogP contribution in [0.15, 0.2) is 41.4 Å². The Kier molecular flexibility index (Phi) is 3.53. The first kappa shape index (κ1) is 13.9. The Hall–Kier alpha value is -2.70. The molecular weight excluding hydrogens is 292 g/mol. The van der Waals surface area contributed by atoms with Gasteiger partial charge in [-0.3, -0.25) is 0 Å². The molecule has 1 aliphatic heterocycles. The van der Waals surface area contributed by atoms with Crippen molar-refractivity contribution in [2.75, 3.05) is 18.0 Å². The van der Waals surface area contributed by atoms with E-state index in [0.29, 0.717) is 11.7 Å². The summed E-state index contributed by atoms with van der Waals surface area (Å²) in [6, 6.07) is 3.81. The maximum atomic E-state index is 5.51. The molecule has 0 amide bonds. The van der Waals surface area contributed by atoms with E-state index in [1.807, 2.05) is 36.1 Å². The number of hydrogen-bond acceptors (Lipinski definition) is 6. The van der Waals surface area contributed by atoms with Crippen molar-refractivity contribution in [2.24, 2.45) is 7.05 Å². The lowest BCUT2D eigenvalue weighted by atomic mass is 9.98. The molecule has 0 aliphatic carbocycles. The number of anilines is 1. The van der Waals surface area contributed by atoms with Crippen molar-refractivity contribution < 1.29 is 4.52 Å². The van der Waals surface area contributed by atoms with Gasteiger partial charge in [-0.2, -0.15) is 4.98 Å². The van der Waals surface area contributed by atoms with Crippen LogP contribution in [0.5, 0.6) is 0 Å². The zero-order chi connectivity index (χ0) is 15.6. The summed E-state index contributed by atoms with van der Waals surface area (Å²) in [5.74, 6) is 2.33. The molecule has 1 atom stereocenters. The van der Waals surface area contributed by atoms with Gasteiger partial charge in [-0.25, -0.2) is 9.97 Å². The first-order valence-electron chi connectivity index (χ1n) is 7.77. The smallest absolute Gasteiger partial charge is 0.231 e. The molecule has 1 fully saturated rings. The predicted molar refractivity (Wildman–Crippen MR) is 84.9 cm³/mol. The van der Waals surface area contributed by atoms with Crippen LogP contribution in [0, 0.1) is 0 Å². The van der Waals surface area contributed by atoms with Gasteiger partial charge in [-0.15, -0.1) is 0 Å². The van der Waals surface area contributed by atoms with Crippen LogP contribution in [0.2, 0.25) is 0 Å². The van der Waals surface area contributed by atoms with E-state index < -0.39 is 0 Å². The van der Waals surface area contributed by atoms with Gasteiger partial charge in [0.25, 0.3) is 0 Å². The molecule has 3 aromatic rings. The molecule has 118 valence electrons. The van der Waals surface area contributed by atoms with Crippen LogP contribution in [-0.2, 0) is 7.05 Å². The first-order chi connectivity index (χ1) is 11.3. The molecule has 3 aromatic heterocycles. The lowest BCUT2D eigenvalue weighted by Crippen LogP contribution is -2.35. The summed E-state index contributed by atoms with van der Waals surface area (Å²) < 4.78 is 7.49. The third kappa shape index (κ3) is 2.81. The Bertz CT molecular complexity index is 781. The lowest BCUT2D eigenvalue weighted by molar-refractivity contribution is 0.332. The van der Waals surface area contributed by atoms with Gasteiger partial charge in [0.15, 0.2) is 0 Å². The third-order valence-corrected chi connectivity index (χ3v) is 4.14. The molecule has 0 N–H and O–H groups in total. The van der Waals surface area contributed by atoms with Crippen molar-refractivity contribution >= 4 is 5.95 Å². The van der Waals surface area contributed by atoms with Gasteiger partial charge in [0.1, 0.15) is 0 Å². The Morgan fingerprint density at radius 3 is 2.91 bits per heavy atom. The Morgan fingerprint density at radius 1 is 1.26 bits per heavy atom. The standard InChI is InChI=1S/C16H18N6O/c1-21-9-5-12(10-21)14-19-15(23-20-14)13-4-2-8-22(11-13)16-17-6-3-7-18-16/h3,5-7,9-10,13H,2,4,8,11H2,1H3. The lowest BCUT2D eigenvalue weighted by Gasteiger charge is -2.30. The van der Waals surface area contributed by atoms with E-state index in [1.165, 1.54) is 0 Å².